The molecule has 0 aliphatic carbocycles. The van der Waals surface area contributed by atoms with Crippen molar-refractivity contribution in [1.82, 2.24) is 4.90 Å². The largest absolute Gasteiger partial charge is 0.396 e. The van der Waals surface area contributed by atoms with Gasteiger partial charge < -0.3 is 10.0 Å². The maximum atomic E-state index is 13.5. The molecule has 1 fully saturated rings. The lowest BCUT2D eigenvalue weighted by Crippen LogP contribution is -2.59. The molecule has 6 heteroatoms. The second-order valence-corrected chi connectivity index (χ2v) is 8.58. The van der Waals surface area contributed by atoms with E-state index < -0.39 is 5.54 Å². The predicted octanol–water partition coefficient (Wildman–Crippen LogP) is 6.20. The zero-order valence-electron chi connectivity index (χ0n) is 17.3. The van der Waals surface area contributed by atoms with Crippen molar-refractivity contribution < 1.29 is 9.90 Å². The summed E-state index contributed by atoms with van der Waals surface area (Å²) in [5, 5.41) is 10.9. The molecule has 1 heterocycles. The van der Waals surface area contributed by atoms with Crippen molar-refractivity contribution in [2.24, 2.45) is 0 Å². The molecule has 0 bridgehead atoms. The molecule has 31 heavy (non-hydrogen) atoms. The van der Waals surface area contributed by atoms with Crippen LogP contribution in [0.1, 0.15) is 18.4 Å². The number of aliphatic hydroxyl groups excluding tert-OH is 1. The molecular formula is C25H24Cl2N2O2. The van der Waals surface area contributed by atoms with Gasteiger partial charge in [0.05, 0.1) is 5.54 Å². The number of carbonyl (C=O) groups excluding carboxylic acids is 1. The van der Waals surface area contributed by atoms with Gasteiger partial charge in [-0.25, -0.2) is 4.79 Å². The van der Waals surface area contributed by atoms with Crippen LogP contribution in [0.5, 0.6) is 0 Å². The fourth-order valence-electron chi connectivity index (χ4n) is 4.48. The van der Waals surface area contributed by atoms with Crippen LogP contribution in [-0.4, -0.2) is 36.2 Å². The Morgan fingerprint density at radius 3 is 2.32 bits per heavy atom. The Morgan fingerprint density at radius 2 is 1.65 bits per heavy atom. The minimum absolute atomic E-state index is 0.00695. The number of amides is 2. The van der Waals surface area contributed by atoms with Gasteiger partial charge in [0.1, 0.15) is 0 Å². The third-order valence-electron chi connectivity index (χ3n) is 6.15. The summed E-state index contributed by atoms with van der Waals surface area (Å²) in [5.41, 5.74) is 2.91. The molecule has 160 valence electrons. The number of anilines is 1. The highest BCUT2D eigenvalue weighted by molar-refractivity contribution is 6.39. The first kappa shape index (κ1) is 21.7. The summed E-state index contributed by atoms with van der Waals surface area (Å²) < 4.78 is 0. The summed E-state index contributed by atoms with van der Waals surface area (Å²) >= 11 is 12.8. The number of aliphatic hydroxyl groups is 1. The number of nitrogens with zero attached hydrogens (tertiary/aromatic N) is 2. The zero-order valence-corrected chi connectivity index (χ0v) is 18.8. The number of hydrogen-bond acceptors (Lipinski definition) is 2. The number of hydrogen-bond donors (Lipinski definition) is 1. The second kappa shape index (κ2) is 8.91. The molecule has 1 atom stereocenters. The van der Waals surface area contributed by atoms with Gasteiger partial charge in [-0.3, -0.25) is 4.90 Å². The molecule has 0 radical (unpaired) electrons. The molecule has 1 N–H and O–H groups in total. The van der Waals surface area contributed by atoms with Gasteiger partial charge in [0, 0.05) is 41.5 Å². The molecular weight excluding hydrogens is 431 g/mol. The number of halogens is 2. The van der Waals surface area contributed by atoms with E-state index in [9.17, 15) is 9.90 Å². The summed E-state index contributed by atoms with van der Waals surface area (Å²) in [6, 6.07) is 23.0. The molecule has 0 saturated carbocycles. The summed E-state index contributed by atoms with van der Waals surface area (Å²) in [4.78, 5) is 17.0. The van der Waals surface area contributed by atoms with Crippen molar-refractivity contribution in [3.8, 4) is 11.1 Å². The highest BCUT2D eigenvalue weighted by atomic mass is 35.5. The standard InChI is InChI=1S/C25H24Cl2N2O2/c1-28-24(31)29(15-13-25(28,14-16-30)19-8-3-2-4-9-19)20-10-5-7-18(17-20)23-21(26)11-6-12-22(23)27/h2-12,17,30H,13-16H2,1H3. The van der Waals surface area contributed by atoms with Crippen molar-refractivity contribution in [2.75, 3.05) is 25.1 Å². The first-order valence-electron chi connectivity index (χ1n) is 10.2. The normalized spacial score (nSPS) is 19.0. The van der Waals surface area contributed by atoms with Crippen LogP contribution < -0.4 is 4.90 Å². The average Bonchev–Trinajstić information content (AvgIpc) is 2.78. The first-order chi connectivity index (χ1) is 15.0. The molecule has 1 saturated heterocycles. The highest BCUT2D eigenvalue weighted by Gasteiger charge is 2.44. The fraction of sp³-hybridized carbons (Fsp3) is 0.240. The topological polar surface area (TPSA) is 43.8 Å². The van der Waals surface area contributed by atoms with E-state index in [2.05, 4.69) is 0 Å². The third-order valence-corrected chi connectivity index (χ3v) is 6.78. The average molecular weight is 455 g/mol. The predicted molar refractivity (Wildman–Crippen MR) is 127 cm³/mol. The molecule has 1 aliphatic heterocycles. The summed E-state index contributed by atoms with van der Waals surface area (Å²) in [6.45, 7) is 0.546. The molecule has 1 unspecified atom stereocenters. The van der Waals surface area contributed by atoms with Crippen molar-refractivity contribution in [3.05, 3.63) is 88.4 Å². The van der Waals surface area contributed by atoms with E-state index in [-0.39, 0.29) is 12.6 Å². The Bertz CT molecular complexity index is 1070. The SMILES string of the molecule is CN1C(=O)N(c2cccc(-c3c(Cl)cccc3Cl)c2)CCC1(CCO)c1ccccc1. The van der Waals surface area contributed by atoms with Crippen LogP contribution in [0.4, 0.5) is 10.5 Å². The van der Waals surface area contributed by atoms with E-state index in [1.807, 2.05) is 67.7 Å². The molecule has 2 amide bonds. The van der Waals surface area contributed by atoms with Crippen LogP contribution in [0.15, 0.2) is 72.8 Å². The fourth-order valence-corrected chi connectivity index (χ4v) is 5.09. The maximum absolute atomic E-state index is 13.5. The van der Waals surface area contributed by atoms with E-state index in [1.165, 1.54) is 0 Å². The van der Waals surface area contributed by atoms with Gasteiger partial charge >= 0.3 is 6.03 Å². The van der Waals surface area contributed by atoms with E-state index in [0.29, 0.717) is 29.4 Å². The number of urea groups is 1. The number of carbonyl (C=O) groups is 1. The van der Waals surface area contributed by atoms with E-state index in [4.69, 9.17) is 23.2 Å². The van der Waals surface area contributed by atoms with Gasteiger partial charge in [0.15, 0.2) is 0 Å². The smallest absolute Gasteiger partial charge is 0.324 e. The molecule has 0 aromatic heterocycles. The number of rotatable bonds is 5. The quantitative estimate of drug-likeness (QED) is 0.498. The van der Waals surface area contributed by atoms with Crippen molar-refractivity contribution in [2.45, 2.75) is 18.4 Å². The Labute approximate surface area is 192 Å². The minimum atomic E-state index is -0.534. The van der Waals surface area contributed by atoms with Crippen molar-refractivity contribution >= 4 is 34.9 Å². The molecule has 4 nitrogen and oxygen atoms in total. The van der Waals surface area contributed by atoms with Gasteiger partial charge in [-0.2, -0.15) is 0 Å². The lowest BCUT2D eigenvalue weighted by atomic mass is 9.80. The lowest BCUT2D eigenvalue weighted by Gasteiger charge is -2.49. The molecule has 1 aliphatic rings. The Kier molecular flexibility index (Phi) is 6.24. The molecule has 3 aromatic rings. The zero-order chi connectivity index (χ0) is 22.0. The highest BCUT2D eigenvalue weighted by Crippen LogP contribution is 2.41. The lowest BCUT2D eigenvalue weighted by molar-refractivity contribution is 0.0858. The van der Waals surface area contributed by atoms with Crippen molar-refractivity contribution in [3.63, 3.8) is 0 Å². The maximum Gasteiger partial charge on any atom is 0.324 e. The molecule has 4 rings (SSSR count). The van der Waals surface area contributed by atoms with Crippen LogP contribution in [0.3, 0.4) is 0 Å². The van der Waals surface area contributed by atoms with Gasteiger partial charge in [-0.1, -0.05) is 71.7 Å². The monoisotopic (exact) mass is 454 g/mol. The first-order valence-corrected chi connectivity index (χ1v) is 11.0. The van der Waals surface area contributed by atoms with Crippen LogP contribution in [0.25, 0.3) is 11.1 Å². The Balaban J connectivity index is 1.69. The summed E-state index contributed by atoms with van der Waals surface area (Å²) in [7, 11) is 1.81. The van der Waals surface area contributed by atoms with E-state index >= 15 is 0 Å². The Hall–Kier alpha value is -2.53. The number of benzene rings is 3. The van der Waals surface area contributed by atoms with Gasteiger partial charge in [-0.15, -0.1) is 0 Å². The minimum Gasteiger partial charge on any atom is -0.396 e. The third kappa shape index (κ3) is 3.91. The van der Waals surface area contributed by atoms with Crippen LogP contribution in [-0.2, 0) is 5.54 Å². The van der Waals surface area contributed by atoms with Crippen molar-refractivity contribution in [1.29, 1.82) is 0 Å². The van der Waals surface area contributed by atoms with Gasteiger partial charge in [-0.05, 0) is 48.2 Å². The molecule has 0 spiro atoms. The van der Waals surface area contributed by atoms with Gasteiger partial charge in [0.25, 0.3) is 0 Å². The van der Waals surface area contributed by atoms with Gasteiger partial charge in [0.2, 0.25) is 0 Å². The summed E-state index contributed by atoms with van der Waals surface area (Å²) in [6.07, 6.45) is 1.19. The van der Waals surface area contributed by atoms with Crippen LogP contribution in [0, 0.1) is 0 Å². The van der Waals surface area contributed by atoms with E-state index in [1.54, 1.807) is 21.9 Å². The Morgan fingerprint density at radius 1 is 0.968 bits per heavy atom. The summed E-state index contributed by atoms with van der Waals surface area (Å²) in [5.74, 6) is 0. The van der Waals surface area contributed by atoms with E-state index in [0.717, 1.165) is 22.4 Å². The van der Waals surface area contributed by atoms with Crippen LogP contribution >= 0.6 is 23.2 Å². The molecule has 3 aromatic carbocycles. The second-order valence-electron chi connectivity index (χ2n) is 7.76. The van der Waals surface area contributed by atoms with Crippen LogP contribution in [0.2, 0.25) is 10.0 Å².